The molecule has 2 heterocycles. The zero-order valence-electron chi connectivity index (χ0n) is 14.5. The van der Waals surface area contributed by atoms with Crippen LogP contribution in [-0.4, -0.2) is 17.7 Å². The van der Waals surface area contributed by atoms with E-state index >= 15 is 0 Å². The van der Waals surface area contributed by atoms with Crippen molar-refractivity contribution >= 4 is 17.3 Å². The number of fused-ring (bicyclic) bond motifs is 1. The summed E-state index contributed by atoms with van der Waals surface area (Å²) in [5.41, 5.74) is 1.70. The van der Waals surface area contributed by atoms with Crippen LogP contribution in [0.2, 0.25) is 0 Å². The minimum Gasteiger partial charge on any atom is -0.454 e. The van der Waals surface area contributed by atoms with Crippen molar-refractivity contribution in [3.05, 3.63) is 77.6 Å². The third kappa shape index (κ3) is 3.85. The molecule has 1 aliphatic heterocycles. The quantitative estimate of drug-likeness (QED) is 0.698. The van der Waals surface area contributed by atoms with Gasteiger partial charge in [-0.25, -0.2) is 13.8 Å². The monoisotopic (exact) mass is 383 g/mol. The third-order valence-corrected chi connectivity index (χ3v) is 4.11. The Hall–Kier alpha value is -3.68. The Labute approximate surface area is 159 Å². The predicted octanol–water partition coefficient (Wildman–Crippen LogP) is 3.95. The van der Waals surface area contributed by atoms with Crippen LogP contribution >= 0.6 is 0 Å². The standard InChI is InChI=1S/C20H15F2N3O3/c21-13-2-4-16(15(22)8-13)25-20(26)17-5-3-14(10-24-17)23-9-12-1-6-18-19(7-12)28-11-27-18/h1-8,10,23H,9,11H2,(H,25,26). The summed E-state index contributed by atoms with van der Waals surface area (Å²) in [5.74, 6) is -0.731. The van der Waals surface area contributed by atoms with Gasteiger partial charge in [0.1, 0.15) is 17.3 Å². The van der Waals surface area contributed by atoms with Crippen molar-refractivity contribution in [1.82, 2.24) is 4.98 Å². The Morgan fingerprint density at radius 1 is 1.04 bits per heavy atom. The van der Waals surface area contributed by atoms with Crippen molar-refractivity contribution in [2.45, 2.75) is 6.54 Å². The van der Waals surface area contributed by atoms with Crippen LogP contribution in [0.3, 0.4) is 0 Å². The molecular formula is C20H15F2N3O3. The largest absolute Gasteiger partial charge is 0.454 e. The van der Waals surface area contributed by atoms with Gasteiger partial charge in [0.2, 0.25) is 6.79 Å². The topological polar surface area (TPSA) is 72.5 Å². The molecule has 0 aliphatic carbocycles. The number of aromatic nitrogens is 1. The smallest absolute Gasteiger partial charge is 0.274 e. The van der Waals surface area contributed by atoms with E-state index in [0.29, 0.717) is 24.0 Å². The molecule has 0 radical (unpaired) electrons. The average molecular weight is 383 g/mol. The van der Waals surface area contributed by atoms with E-state index in [4.69, 9.17) is 9.47 Å². The number of amides is 1. The summed E-state index contributed by atoms with van der Waals surface area (Å²) >= 11 is 0. The van der Waals surface area contributed by atoms with Gasteiger partial charge in [0.15, 0.2) is 11.5 Å². The molecule has 3 aromatic rings. The second-order valence-electron chi connectivity index (χ2n) is 6.05. The zero-order chi connectivity index (χ0) is 19.5. The summed E-state index contributed by atoms with van der Waals surface area (Å²) in [7, 11) is 0. The van der Waals surface area contributed by atoms with Gasteiger partial charge in [-0.3, -0.25) is 4.79 Å². The molecule has 0 spiro atoms. The van der Waals surface area contributed by atoms with Crippen molar-refractivity contribution in [3.8, 4) is 11.5 Å². The summed E-state index contributed by atoms with van der Waals surface area (Å²) in [5, 5.41) is 5.56. The molecule has 0 saturated heterocycles. The number of nitrogens with zero attached hydrogens (tertiary/aromatic N) is 1. The normalized spacial score (nSPS) is 11.9. The van der Waals surface area contributed by atoms with E-state index < -0.39 is 17.5 Å². The van der Waals surface area contributed by atoms with Crippen LogP contribution in [0.4, 0.5) is 20.2 Å². The lowest BCUT2D eigenvalue weighted by Crippen LogP contribution is -2.14. The highest BCUT2D eigenvalue weighted by molar-refractivity contribution is 6.03. The second kappa shape index (κ2) is 7.51. The highest BCUT2D eigenvalue weighted by atomic mass is 19.1. The molecule has 142 valence electrons. The van der Waals surface area contributed by atoms with Crippen LogP contribution < -0.4 is 20.1 Å². The first-order chi connectivity index (χ1) is 13.6. The van der Waals surface area contributed by atoms with E-state index in [1.165, 1.54) is 12.3 Å². The molecule has 2 N–H and O–H groups in total. The minimum atomic E-state index is -0.852. The lowest BCUT2D eigenvalue weighted by Gasteiger charge is -2.09. The van der Waals surface area contributed by atoms with Gasteiger partial charge in [-0.1, -0.05) is 6.07 Å². The van der Waals surface area contributed by atoms with Gasteiger partial charge in [0.25, 0.3) is 5.91 Å². The van der Waals surface area contributed by atoms with Gasteiger partial charge in [-0.15, -0.1) is 0 Å². The van der Waals surface area contributed by atoms with Gasteiger partial charge in [-0.2, -0.15) is 0 Å². The molecule has 6 nitrogen and oxygen atoms in total. The fourth-order valence-corrected chi connectivity index (χ4v) is 2.66. The van der Waals surface area contributed by atoms with Gasteiger partial charge >= 0.3 is 0 Å². The molecule has 0 saturated carbocycles. The Morgan fingerprint density at radius 3 is 2.68 bits per heavy atom. The van der Waals surface area contributed by atoms with Gasteiger partial charge in [0, 0.05) is 12.6 Å². The van der Waals surface area contributed by atoms with Crippen LogP contribution in [0, 0.1) is 11.6 Å². The first-order valence-electron chi connectivity index (χ1n) is 8.43. The maximum atomic E-state index is 13.6. The van der Waals surface area contributed by atoms with Gasteiger partial charge < -0.3 is 20.1 Å². The number of halogens is 2. The molecule has 4 rings (SSSR count). The van der Waals surface area contributed by atoms with E-state index in [2.05, 4.69) is 15.6 Å². The fraction of sp³-hybridized carbons (Fsp3) is 0.100. The maximum absolute atomic E-state index is 13.6. The van der Waals surface area contributed by atoms with Crippen LogP contribution in [0.1, 0.15) is 16.1 Å². The van der Waals surface area contributed by atoms with Crippen LogP contribution in [0.15, 0.2) is 54.7 Å². The first kappa shape index (κ1) is 17.7. The van der Waals surface area contributed by atoms with Crippen molar-refractivity contribution in [1.29, 1.82) is 0 Å². The number of hydrogen-bond acceptors (Lipinski definition) is 5. The molecule has 1 amide bonds. The van der Waals surface area contributed by atoms with Crippen molar-refractivity contribution < 1.29 is 23.0 Å². The Kier molecular flexibility index (Phi) is 4.76. The number of hydrogen-bond donors (Lipinski definition) is 2. The molecule has 0 unspecified atom stereocenters. The lowest BCUT2D eigenvalue weighted by molar-refractivity contribution is 0.102. The Morgan fingerprint density at radius 2 is 1.89 bits per heavy atom. The summed E-state index contributed by atoms with van der Waals surface area (Å²) in [6, 6.07) is 11.8. The van der Waals surface area contributed by atoms with Gasteiger partial charge in [0.05, 0.1) is 17.6 Å². The van der Waals surface area contributed by atoms with E-state index in [0.717, 1.165) is 23.4 Å². The minimum absolute atomic E-state index is 0.109. The molecule has 1 aliphatic rings. The van der Waals surface area contributed by atoms with E-state index in [9.17, 15) is 13.6 Å². The molecular weight excluding hydrogens is 368 g/mol. The van der Waals surface area contributed by atoms with Crippen LogP contribution in [0.5, 0.6) is 11.5 Å². The van der Waals surface area contributed by atoms with E-state index in [1.807, 2.05) is 18.2 Å². The highest BCUT2D eigenvalue weighted by Crippen LogP contribution is 2.32. The molecule has 8 heteroatoms. The summed E-state index contributed by atoms with van der Waals surface area (Å²) in [4.78, 5) is 16.2. The zero-order valence-corrected chi connectivity index (χ0v) is 14.5. The Bertz CT molecular complexity index is 1030. The lowest BCUT2D eigenvalue weighted by atomic mass is 10.2. The summed E-state index contributed by atoms with van der Waals surface area (Å²) < 4.78 is 37.2. The summed E-state index contributed by atoms with van der Waals surface area (Å²) in [6.45, 7) is 0.756. The SMILES string of the molecule is O=C(Nc1ccc(F)cc1F)c1ccc(NCc2ccc3c(c2)OCO3)cn1. The van der Waals surface area contributed by atoms with Crippen LogP contribution in [-0.2, 0) is 6.54 Å². The first-order valence-corrected chi connectivity index (χ1v) is 8.43. The number of benzene rings is 2. The molecule has 0 bridgehead atoms. The third-order valence-electron chi connectivity index (χ3n) is 4.11. The molecule has 0 fully saturated rings. The number of ether oxygens (including phenoxy) is 2. The molecule has 0 atom stereocenters. The summed E-state index contributed by atoms with van der Waals surface area (Å²) in [6.07, 6.45) is 1.50. The fourth-order valence-electron chi connectivity index (χ4n) is 2.66. The molecule has 2 aromatic carbocycles. The van der Waals surface area contributed by atoms with E-state index in [-0.39, 0.29) is 18.2 Å². The number of nitrogens with one attached hydrogen (secondary N) is 2. The number of carbonyl (C=O) groups excluding carboxylic acids is 1. The molecule has 1 aromatic heterocycles. The number of carbonyl (C=O) groups is 1. The number of rotatable bonds is 5. The van der Waals surface area contributed by atoms with Crippen molar-refractivity contribution in [3.63, 3.8) is 0 Å². The average Bonchev–Trinajstić information content (AvgIpc) is 3.17. The van der Waals surface area contributed by atoms with Crippen molar-refractivity contribution in [2.24, 2.45) is 0 Å². The molecule has 28 heavy (non-hydrogen) atoms. The highest BCUT2D eigenvalue weighted by Gasteiger charge is 2.13. The number of pyridine rings is 1. The Balaban J connectivity index is 1.37. The van der Waals surface area contributed by atoms with Crippen LogP contribution in [0.25, 0.3) is 0 Å². The van der Waals surface area contributed by atoms with Crippen molar-refractivity contribution in [2.75, 3.05) is 17.4 Å². The number of anilines is 2. The second-order valence-corrected chi connectivity index (χ2v) is 6.05. The maximum Gasteiger partial charge on any atom is 0.274 e. The van der Waals surface area contributed by atoms with E-state index in [1.54, 1.807) is 6.07 Å². The van der Waals surface area contributed by atoms with Gasteiger partial charge in [-0.05, 0) is 42.0 Å². The predicted molar refractivity (Wildman–Crippen MR) is 98.4 cm³/mol.